The number of methoxy groups -OCH3 is 1. The molecule has 8 nitrogen and oxygen atoms in total. The van der Waals surface area contributed by atoms with Crippen LogP contribution in [0.25, 0.3) is 0 Å². The Morgan fingerprint density at radius 1 is 1.38 bits per heavy atom. The highest BCUT2D eigenvalue weighted by Crippen LogP contribution is 2.15. The highest BCUT2D eigenvalue weighted by atomic mass is 32.2. The van der Waals surface area contributed by atoms with Gasteiger partial charge < -0.3 is 10.1 Å². The number of anilines is 1. The molecule has 24 heavy (non-hydrogen) atoms. The van der Waals surface area contributed by atoms with Crippen LogP contribution in [-0.2, 0) is 15.3 Å². The summed E-state index contributed by atoms with van der Waals surface area (Å²) < 4.78 is 6.38. The van der Waals surface area contributed by atoms with Crippen molar-refractivity contribution >= 4 is 29.3 Å². The van der Waals surface area contributed by atoms with Gasteiger partial charge in [0.25, 0.3) is 0 Å². The van der Waals surface area contributed by atoms with Crippen LogP contribution in [0.4, 0.5) is 5.69 Å². The van der Waals surface area contributed by atoms with Crippen LogP contribution in [0, 0.1) is 0 Å². The molecule has 0 fully saturated rings. The van der Waals surface area contributed by atoms with Gasteiger partial charge in [-0.15, -0.1) is 16.9 Å². The fourth-order valence-corrected chi connectivity index (χ4v) is 2.71. The van der Waals surface area contributed by atoms with Crippen LogP contribution >= 0.6 is 11.8 Å². The van der Waals surface area contributed by atoms with Crippen molar-refractivity contribution in [3.05, 3.63) is 35.7 Å². The topological polar surface area (TPSA) is 99.0 Å². The molecule has 0 spiro atoms. The Kier molecular flexibility index (Phi) is 6.30. The number of hydrogen-bond acceptors (Lipinski definition) is 7. The van der Waals surface area contributed by atoms with Gasteiger partial charge in [-0.3, -0.25) is 4.79 Å². The van der Waals surface area contributed by atoms with Gasteiger partial charge in [0, 0.05) is 5.69 Å². The lowest BCUT2D eigenvalue weighted by Gasteiger charge is -2.08. The lowest BCUT2D eigenvalue weighted by Crippen LogP contribution is -2.15. The van der Waals surface area contributed by atoms with Gasteiger partial charge in [0.1, 0.15) is 0 Å². The molecule has 1 N–H and O–H groups in total. The summed E-state index contributed by atoms with van der Waals surface area (Å²) in [5.74, 6) is 0.927. The molecule has 0 saturated heterocycles. The van der Waals surface area contributed by atoms with Crippen LogP contribution in [0.5, 0.6) is 0 Å². The van der Waals surface area contributed by atoms with Gasteiger partial charge in [-0.05, 0) is 42.5 Å². The van der Waals surface area contributed by atoms with Crippen molar-refractivity contribution in [2.45, 2.75) is 25.6 Å². The number of ether oxygens (including phenoxy) is 1. The summed E-state index contributed by atoms with van der Waals surface area (Å²) in [5.41, 5.74) is 0.939. The lowest BCUT2D eigenvalue weighted by molar-refractivity contribution is -0.113. The van der Waals surface area contributed by atoms with Crippen LogP contribution < -0.4 is 5.32 Å². The minimum absolute atomic E-state index is 0.161. The van der Waals surface area contributed by atoms with Gasteiger partial charge in [-0.2, -0.15) is 0 Å². The normalized spacial score (nSPS) is 10.7. The average Bonchev–Trinajstić information content (AvgIpc) is 3.03. The number of aromatic nitrogens is 4. The van der Waals surface area contributed by atoms with Crippen LogP contribution in [0.15, 0.2) is 24.3 Å². The molecule has 2 aromatic rings. The first-order chi connectivity index (χ1) is 11.5. The van der Waals surface area contributed by atoms with E-state index >= 15 is 0 Å². The highest BCUT2D eigenvalue weighted by Gasteiger charge is 2.11. The Hall–Kier alpha value is -2.42. The van der Waals surface area contributed by atoms with E-state index in [9.17, 15) is 9.59 Å². The minimum atomic E-state index is -0.444. The third-order valence-electron chi connectivity index (χ3n) is 3.08. The van der Waals surface area contributed by atoms with Gasteiger partial charge in [-0.25, -0.2) is 9.48 Å². The zero-order valence-corrected chi connectivity index (χ0v) is 14.5. The molecule has 0 bridgehead atoms. The molecule has 0 aliphatic heterocycles. The summed E-state index contributed by atoms with van der Waals surface area (Å²) in [7, 11) is 1.31. The van der Waals surface area contributed by atoms with E-state index < -0.39 is 5.97 Å². The monoisotopic (exact) mass is 349 g/mol. The van der Waals surface area contributed by atoms with Crippen molar-refractivity contribution in [3.8, 4) is 0 Å². The van der Waals surface area contributed by atoms with Gasteiger partial charge >= 0.3 is 5.97 Å². The number of nitrogens with one attached hydrogen (secondary N) is 1. The van der Waals surface area contributed by atoms with Crippen molar-refractivity contribution in [2.75, 3.05) is 18.2 Å². The van der Waals surface area contributed by atoms with E-state index in [0.29, 0.717) is 17.0 Å². The summed E-state index contributed by atoms with van der Waals surface area (Å²) in [6, 6.07) is 6.78. The fourth-order valence-electron chi connectivity index (χ4n) is 1.98. The first-order valence-corrected chi connectivity index (χ1v) is 8.49. The molecular weight excluding hydrogens is 330 g/mol. The van der Waals surface area contributed by atoms with Crippen molar-refractivity contribution in [1.29, 1.82) is 0 Å². The highest BCUT2D eigenvalue weighted by molar-refractivity contribution is 7.99. The van der Waals surface area contributed by atoms with E-state index in [1.54, 1.807) is 28.9 Å². The zero-order valence-electron chi connectivity index (χ0n) is 13.7. The van der Waals surface area contributed by atoms with Crippen LogP contribution in [0.1, 0.15) is 36.1 Å². The van der Waals surface area contributed by atoms with E-state index in [2.05, 4.69) is 25.6 Å². The number of carbonyl (C=O) groups is 2. The third-order valence-corrected chi connectivity index (χ3v) is 4.01. The summed E-state index contributed by atoms with van der Waals surface area (Å²) >= 11 is 1.42. The third kappa shape index (κ3) is 4.79. The maximum absolute atomic E-state index is 12.0. The molecule has 0 saturated carbocycles. The number of esters is 1. The number of carbonyl (C=O) groups excluding carboxylic acids is 2. The Morgan fingerprint density at radius 3 is 2.88 bits per heavy atom. The standard InChI is InChI=1S/C15H19N5O3S/c1-10(2)20-13(17-18-19-20)8-24-9-14(21)16-12-6-4-5-11(7-12)15(22)23-3/h4-7,10H,8-9H2,1-3H3,(H,16,21). The molecule has 0 radical (unpaired) electrons. The first-order valence-electron chi connectivity index (χ1n) is 7.34. The number of hydrogen-bond donors (Lipinski definition) is 1. The summed E-state index contributed by atoms with van der Waals surface area (Å²) in [6.45, 7) is 3.98. The molecule has 1 aromatic carbocycles. The number of benzene rings is 1. The van der Waals surface area contributed by atoms with Gasteiger partial charge in [0.2, 0.25) is 5.91 Å². The second-order valence-corrected chi connectivity index (χ2v) is 6.23. The molecule has 0 aliphatic rings. The fraction of sp³-hybridized carbons (Fsp3) is 0.400. The van der Waals surface area contributed by atoms with Crippen LogP contribution in [0.3, 0.4) is 0 Å². The second kappa shape index (κ2) is 8.44. The van der Waals surface area contributed by atoms with E-state index in [-0.39, 0.29) is 17.7 Å². The van der Waals surface area contributed by atoms with E-state index in [1.165, 1.54) is 18.9 Å². The number of nitrogens with zero attached hydrogens (tertiary/aromatic N) is 4. The SMILES string of the molecule is COC(=O)c1cccc(NC(=O)CSCc2nnnn2C(C)C)c1. The zero-order chi connectivity index (χ0) is 17.5. The molecule has 1 aromatic heterocycles. The molecule has 0 unspecified atom stereocenters. The first kappa shape index (κ1) is 17.9. The smallest absolute Gasteiger partial charge is 0.337 e. The van der Waals surface area contributed by atoms with Crippen molar-refractivity contribution in [1.82, 2.24) is 20.2 Å². The Labute approximate surface area is 144 Å². The van der Waals surface area contributed by atoms with E-state index in [1.807, 2.05) is 13.8 Å². The van der Waals surface area contributed by atoms with Gasteiger partial charge in [-0.1, -0.05) is 6.07 Å². The number of tetrazole rings is 1. The largest absolute Gasteiger partial charge is 0.465 e. The quantitative estimate of drug-likeness (QED) is 0.762. The molecule has 0 aliphatic carbocycles. The van der Waals surface area contributed by atoms with Gasteiger partial charge in [0.05, 0.1) is 30.2 Å². The van der Waals surface area contributed by atoms with Crippen molar-refractivity contribution in [2.24, 2.45) is 0 Å². The molecular formula is C15H19N5O3S. The number of thioether (sulfide) groups is 1. The molecule has 0 atom stereocenters. The predicted octanol–water partition coefficient (Wildman–Crippen LogP) is 1.91. The van der Waals surface area contributed by atoms with Crippen LogP contribution in [-0.4, -0.2) is 44.9 Å². The average molecular weight is 349 g/mol. The van der Waals surface area contributed by atoms with Crippen molar-refractivity contribution < 1.29 is 14.3 Å². The lowest BCUT2D eigenvalue weighted by atomic mass is 10.2. The second-order valence-electron chi connectivity index (χ2n) is 5.25. The Balaban J connectivity index is 1.85. The number of amides is 1. The molecule has 128 valence electrons. The molecule has 1 heterocycles. The minimum Gasteiger partial charge on any atom is -0.465 e. The summed E-state index contributed by atoms with van der Waals surface area (Å²) in [5, 5.41) is 14.3. The van der Waals surface area contributed by atoms with Crippen molar-refractivity contribution in [3.63, 3.8) is 0 Å². The molecule has 1 amide bonds. The van der Waals surface area contributed by atoms with E-state index in [0.717, 1.165) is 5.82 Å². The number of rotatable bonds is 7. The maximum atomic E-state index is 12.0. The van der Waals surface area contributed by atoms with E-state index in [4.69, 9.17) is 0 Å². The molecule has 9 heteroatoms. The van der Waals surface area contributed by atoms with Gasteiger partial charge in [0.15, 0.2) is 5.82 Å². The summed E-state index contributed by atoms with van der Waals surface area (Å²) in [4.78, 5) is 23.5. The maximum Gasteiger partial charge on any atom is 0.337 e. The summed E-state index contributed by atoms with van der Waals surface area (Å²) in [6.07, 6.45) is 0. The Bertz CT molecular complexity index is 717. The molecule has 2 rings (SSSR count). The Morgan fingerprint density at radius 2 is 2.17 bits per heavy atom. The van der Waals surface area contributed by atoms with Crippen LogP contribution in [0.2, 0.25) is 0 Å². The predicted molar refractivity (Wildman–Crippen MR) is 90.8 cm³/mol.